The monoisotopic (exact) mass is 480 g/mol. The topological polar surface area (TPSA) is 58.9 Å². The normalized spacial score (nSPS) is 10.9. The summed E-state index contributed by atoms with van der Waals surface area (Å²) in [5.41, 5.74) is 3.13. The maximum absolute atomic E-state index is 15.0. The molecule has 0 atom stereocenters. The van der Waals surface area contributed by atoms with Gasteiger partial charge in [-0.15, -0.1) is 0 Å². The third-order valence-corrected chi connectivity index (χ3v) is 5.96. The molecule has 0 unspecified atom stereocenters. The molecule has 3 aromatic carbocycles. The van der Waals surface area contributed by atoms with E-state index in [4.69, 9.17) is 19.7 Å². The zero-order valence-corrected chi connectivity index (χ0v) is 20.4. The molecular weight excluding hydrogens is 443 g/mol. The molecule has 0 radical (unpaired) electrons. The predicted molar refractivity (Wildman–Crippen MR) is 139 cm³/mol. The smallest absolute Gasteiger partial charge is 0.131 e. The van der Waals surface area contributed by atoms with Crippen LogP contribution in [0, 0.1) is 5.82 Å². The summed E-state index contributed by atoms with van der Waals surface area (Å²) < 4.78 is 26.5. The Morgan fingerprint density at radius 2 is 0.971 bits per heavy atom. The standard InChI is InChI=1S/C30H37FO4/c31-30-23-26(24-9-14-27(15-10-24)34-21-7-3-1-5-19-32)13-18-29(30)25-11-16-28(17-12-25)35-22-8-4-2-6-20-33/h9-18,23,32-33H,1-8,19-22H2. The Balaban J connectivity index is 1.51. The largest absolute Gasteiger partial charge is 0.494 e. The van der Waals surface area contributed by atoms with Crippen LogP contribution in [0.2, 0.25) is 0 Å². The van der Waals surface area contributed by atoms with E-state index in [1.54, 1.807) is 6.07 Å². The number of halogens is 1. The summed E-state index contributed by atoms with van der Waals surface area (Å²) in [6.45, 7) is 1.79. The molecule has 3 aromatic rings. The van der Waals surface area contributed by atoms with Crippen molar-refractivity contribution in [2.45, 2.75) is 51.4 Å². The number of aliphatic hydroxyl groups excluding tert-OH is 2. The van der Waals surface area contributed by atoms with Gasteiger partial charge in [0.25, 0.3) is 0 Å². The molecule has 0 heterocycles. The average molecular weight is 481 g/mol. The molecule has 0 bridgehead atoms. The molecule has 188 valence electrons. The van der Waals surface area contributed by atoms with Crippen LogP contribution in [-0.2, 0) is 0 Å². The predicted octanol–water partition coefficient (Wildman–Crippen LogP) is 7.02. The number of benzene rings is 3. The lowest BCUT2D eigenvalue weighted by atomic mass is 9.99. The average Bonchev–Trinajstić information content (AvgIpc) is 2.89. The van der Waals surface area contributed by atoms with Gasteiger partial charge in [-0.3, -0.25) is 0 Å². The molecule has 5 heteroatoms. The van der Waals surface area contributed by atoms with Crippen LogP contribution < -0.4 is 9.47 Å². The van der Waals surface area contributed by atoms with Crippen molar-refractivity contribution in [2.24, 2.45) is 0 Å². The summed E-state index contributed by atoms with van der Waals surface area (Å²) in [5.74, 6) is 1.32. The van der Waals surface area contributed by atoms with Gasteiger partial charge in [0.1, 0.15) is 17.3 Å². The SMILES string of the molecule is OCCCCCCOc1ccc(-c2ccc(-c3ccc(OCCCCCCO)cc3)c(F)c2)cc1. The molecule has 3 rings (SSSR count). The highest BCUT2D eigenvalue weighted by Crippen LogP contribution is 2.30. The van der Waals surface area contributed by atoms with Crippen molar-refractivity contribution in [1.29, 1.82) is 0 Å². The first-order chi connectivity index (χ1) is 17.2. The number of rotatable bonds is 16. The fraction of sp³-hybridized carbons (Fsp3) is 0.400. The van der Waals surface area contributed by atoms with Crippen molar-refractivity contribution in [3.8, 4) is 33.8 Å². The van der Waals surface area contributed by atoms with Crippen molar-refractivity contribution in [2.75, 3.05) is 26.4 Å². The van der Waals surface area contributed by atoms with Gasteiger partial charge in [0, 0.05) is 18.8 Å². The van der Waals surface area contributed by atoms with E-state index in [2.05, 4.69) is 0 Å². The maximum Gasteiger partial charge on any atom is 0.131 e. The van der Waals surface area contributed by atoms with Crippen LogP contribution >= 0.6 is 0 Å². The summed E-state index contributed by atoms with van der Waals surface area (Å²) in [7, 11) is 0. The summed E-state index contributed by atoms with van der Waals surface area (Å²) in [4.78, 5) is 0. The fourth-order valence-electron chi connectivity index (χ4n) is 3.92. The molecule has 2 N–H and O–H groups in total. The molecule has 0 fully saturated rings. The van der Waals surface area contributed by atoms with E-state index in [1.807, 2.05) is 60.7 Å². The Labute approximate surface area is 208 Å². The number of ether oxygens (including phenoxy) is 2. The Kier molecular flexibility index (Phi) is 11.6. The lowest BCUT2D eigenvalue weighted by molar-refractivity contribution is 0.273. The van der Waals surface area contributed by atoms with E-state index in [9.17, 15) is 4.39 Å². The highest BCUT2D eigenvalue weighted by molar-refractivity contribution is 5.71. The van der Waals surface area contributed by atoms with E-state index in [0.29, 0.717) is 18.8 Å². The van der Waals surface area contributed by atoms with Gasteiger partial charge in [0.2, 0.25) is 0 Å². The minimum Gasteiger partial charge on any atom is -0.494 e. The van der Waals surface area contributed by atoms with E-state index in [0.717, 1.165) is 79.6 Å². The molecule has 0 aliphatic heterocycles. The van der Waals surface area contributed by atoms with Gasteiger partial charge < -0.3 is 19.7 Å². The molecular formula is C30H37FO4. The Morgan fingerprint density at radius 1 is 0.514 bits per heavy atom. The van der Waals surface area contributed by atoms with Crippen LogP contribution in [0.1, 0.15) is 51.4 Å². The van der Waals surface area contributed by atoms with Gasteiger partial charge in [-0.1, -0.05) is 49.2 Å². The first kappa shape index (κ1) is 26.7. The van der Waals surface area contributed by atoms with Crippen LogP contribution in [0.4, 0.5) is 4.39 Å². The van der Waals surface area contributed by atoms with E-state index in [-0.39, 0.29) is 19.0 Å². The van der Waals surface area contributed by atoms with Crippen molar-refractivity contribution in [1.82, 2.24) is 0 Å². The lowest BCUT2D eigenvalue weighted by Crippen LogP contribution is -1.97. The number of hydrogen-bond donors (Lipinski definition) is 2. The van der Waals surface area contributed by atoms with Crippen LogP contribution in [0.25, 0.3) is 22.3 Å². The Hall–Kier alpha value is -2.89. The molecule has 4 nitrogen and oxygen atoms in total. The fourth-order valence-corrected chi connectivity index (χ4v) is 3.92. The first-order valence-corrected chi connectivity index (χ1v) is 12.7. The third-order valence-electron chi connectivity index (χ3n) is 5.96. The quantitative estimate of drug-likeness (QED) is 0.216. The molecule has 0 amide bonds. The second-order valence-corrected chi connectivity index (χ2v) is 8.72. The Morgan fingerprint density at radius 3 is 1.46 bits per heavy atom. The molecule has 0 spiro atoms. The summed E-state index contributed by atoms with van der Waals surface area (Å²) in [5, 5.41) is 17.6. The summed E-state index contributed by atoms with van der Waals surface area (Å²) in [6.07, 6.45) is 7.72. The minimum absolute atomic E-state index is 0.245. The first-order valence-electron chi connectivity index (χ1n) is 12.7. The van der Waals surface area contributed by atoms with E-state index >= 15 is 0 Å². The van der Waals surface area contributed by atoms with Gasteiger partial charge in [-0.25, -0.2) is 4.39 Å². The lowest BCUT2D eigenvalue weighted by Gasteiger charge is -2.10. The minimum atomic E-state index is -0.261. The molecule has 35 heavy (non-hydrogen) atoms. The second kappa shape index (κ2) is 15.2. The van der Waals surface area contributed by atoms with Crippen molar-refractivity contribution in [3.05, 3.63) is 72.5 Å². The molecule has 0 saturated carbocycles. The van der Waals surface area contributed by atoms with E-state index < -0.39 is 0 Å². The zero-order valence-electron chi connectivity index (χ0n) is 20.4. The third kappa shape index (κ3) is 9.00. The van der Waals surface area contributed by atoms with Gasteiger partial charge >= 0.3 is 0 Å². The zero-order chi connectivity index (χ0) is 24.7. The van der Waals surface area contributed by atoms with Crippen molar-refractivity contribution >= 4 is 0 Å². The van der Waals surface area contributed by atoms with Crippen LogP contribution in [0.3, 0.4) is 0 Å². The molecule has 0 aromatic heterocycles. The van der Waals surface area contributed by atoms with Crippen LogP contribution in [-0.4, -0.2) is 36.6 Å². The summed E-state index contributed by atoms with van der Waals surface area (Å²) >= 11 is 0. The number of hydrogen-bond acceptors (Lipinski definition) is 4. The number of unbranched alkanes of at least 4 members (excludes halogenated alkanes) is 6. The molecule has 0 aliphatic rings. The van der Waals surface area contributed by atoms with Crippen LogP contribution in [0.15, 0.2) is 66.7 Å². The maximum atomic E-state index is 15.0. The van der Waals surface area contributed by atoms with Gasteiger partial charge in [-0.05, 0) is 85.5 Å². The number of aliphatic hydroxyl groups is 2. The highest BCUT2D eigenvalue weighted by Gasteiger charge is 2.08. The highest BCUT2D eigenvalue weighted by atomic mass is 19.1. The van der Waals surface area contributed by atoms with Crippen molar-refractivity contribution < 1.29 is 24.1 Å². The summed E-state index contributed by atoms with van der Waals surface area (Å²) in [6, 6.07) is 20.6. The Bertz CT molecular complexity index is 986. The van der Waals surface area contributed by atoms with Gasteiger partial charge in [0.15, 0.2) is 0 Å². The second-order valence-electron chi connectivity index (χ2n) is 8.72. The van der Waals surface area contributed by atoms with Crippen LogP contribution in [0.5, 0.6) is 11.5 Å². The van der Waals surface area contributed by atoms with Gasteiger partial charge in [0.05, 0.1) is 13.2 Å². The van der Waals surface area contributed by atoms with Crippen molar-refractivity contribution in [3.63, 3.8) is 0 Å². The van der Waals surface area contributed by atoms with Gasteiger partial charge in [-0.2, -0.15) is 0 Å². The molecule has 0 aliphatic carbocycles. The molecule has 0 saturated heterocycles. The van der Waals surface area contributed by atoms with E-state index in [1.165, 1.54) is 0 Å².